The topological polar surface area (TPSA) is 59.8 Å². The molecule has 4 rings (SSSR count). The van der Waals surface area contributed by atoms with E-state index in [4.69, 9.17) is 0 Å². The van der Waals surface area contributed by atoms with Gasteiger partial charge in [-0.2, -0.15) is 0 Å². The van der Waals surface area contributed by atoms with Gasteiger partial charge in [-0.3, -0.25) is 4.79 Å². The van der Waals surface area contributed by atoms with Crippen molar-refractivity contribution in [3.05, 3.63) is 83.2 Å². The first-order valence-electron chi connectivity index (χ1n) is 8.26. The highest BCUT2D eigenvalue weighted by Crippen LogP contribution is 2.26. The number of nitrogens with one attached hydrogen (secondary N) is 1. The van der Waals surface area contributed by atoms with Gasteiger partial charge in [0.05, 0.1) is 16.3 Å². The number of nitrogens with zero attached hydrogens (tertiary/aromatic N) is 3. The molecule has 1 amide bonds. The number of aromatic nitrogens is 3. The van der Waals surface area contributed by atoms with Gasteiger partial charge in [-0.25, -0.2) is 14.1 Å². The highest BCUT2D eigenvalue weighted by atomic mass is 32.1. The SMILES string of the molecule is Cc1ccc(NC(=O)c2nc(-c3cccs3)n(-c3ccccc3)n2)c(F)c1. The fourth-order valence-electron chi connectivity index (χ4n) is 2.62. The van der Waals surface area contributed by atoms with Crippen molar-refractivity contribution in [1.29, 1.82) is 0 Å². The zero-order chi connectivity index (χ0) is 18.8. The molecule has 0 aliphatic carbocycles. The molecule has 0 saturated carbocycles. The van der Waals surface area contributed by atoms with Crippen molar-refractivity contribution in [2.45, 2.75) is 6.92 Å². The van der Waals surface area contributed by atoms with Gasteiger partial charge in [0, 0.05) is 0 Å². The molecule has 0 aliphatic rings. The van der Waals surface area contributed by atoms with Crippen molar-refractivity contribution in [3.8, 4) is 16.4 Å². The van der Waals surface area contributed by atoms with Gasteiger partial charge in [0.2, 0.25) is 5.82 Å². The standard InChI is InChI=1S/C20H15FN4OS/c1-13-9-10-16(15(21)12-13)22-20(26)18-23-19(17-8-5-11-27-17)25(24-18)14-6-3-2-4-7-14/h2-12H,1H3,(H,22,26). The molecule has 7 heteroatoms. The maximum absolute atomic E-state index is 14.0. The molecule has 0 radical (unpaired) electrons. The van der Waals surface area contributed by atoms with E-state index in [1.165, 1.54) is 23.5 Å². The second kappa shape index (κ2) is 7.13. The third-order valence-corrected chi connectivity index (χ3v) is 4.79. The van der Waals surface area contributed by atoms with E-state index in [9.17, 15) is 9.18 Å². The lowest BCUT2D eigenvalue weighted by Crippen LogP contribution is -2.15. The average molecular weight is 378 g/mol. The van der Waals surface area contributed by atoms with E-state index < -0.39 is 11.7 Å². The maximum Gasteiger partial charge on any atom is 0.295 e. The fraction of sp³-hybridized carbons (Fsp3) is 0.0500. The van der Waals surface area contributed by atoms with Crippen LogP contribution in [0.5, 0.6) is 0 Å². The number of halogens is 1. The first-order chi connectivity index (χ1) is 13.1. The number of thiophene rings is 1. The number of anilines is 1. The minimum Gasteiger partial charge on any atom is -0.317 e. The lowest BCUT2D eigenvalue weighted by molar-refractivity contribution is 0.101. The second-order valence-corrected chi connectivity index (χ2v) is 6.87. The van der Waals surface area contributed by atoms with Crippen molar-refractivity contribution in [3.63, 3.8) is 0 Å². The van der Waals surface area contributed by atoms with Crippen molar-refractivity contribution in [2.24, 2.45) is 0 Å². The number of aryl methyl sites for hydroxylation is 1. The van der Waals surface area contributed by atoms with Crippen LogP contribution in [0.15, 0.2) is 66.0 Å². The second-order valence-electron chi connectivity index (χ2n) is 5.92. The minimum absolute atomic E-state index is 0.0257. The lowest BCUT2D eigenvalue weighted by atomic mass is 10.2. The molecule has 2 heterocycles. The van der Waals surface area contributed by atoms with Gasteiger partial charge in [0.1, 0.15) is 5.82 Å². The molecule has 0 atom stereocenters. The summed E-state index contributed by atoms with van der Waals surface area (Å²) in [5.41, 5.74) is 1.66. The smallest absolute Gasteiger partial charge is 0.295 e. The van der Waals surface area contributed by atoms with E-state index >= 15 is 0 Å². The first-order valence-corrected chi connectivity index (χ1v) is 9.13. The monoisotopic (exact) mass is 378 g/mol. The van der Waals surface area contributed by atoms with Gasteiger partial charge in [0.15, 0.2) is 5.82 Å². The molecule has 4 aromatic rings. The zero-order valence-corrected chi connectivity index (χ0v) is 15.2. The molecule has 0 saturated heterocycles. The van der Waals surface area contributed by atoms with Gasteiger partial charge in [-0.1, -0.05) is 30.3 Å². The van der Waals surface area contributed by atoms with Crippen LogP contribution in [0, 0.1) is 12.7 Å². The number of para-hydroxylation sites is 1. The van der Waals surface area contributed by atoms with Crippen LogP contribution >= 0.6 is 11.3 Å². The Hall–Kier alpha value is -3.32. The first kappa shape index (κ1) is 17.1. The van der Waals surface area contributed by atoms with Crippen molar-refractivity contribution < 1.29 is 9.18 Å². The summed E-state index contributed by atoms with van der Waals surface area (Å²) < 4.78 is 15.7. The van der Waals surface area contributed by atoms with Crippen LogP contribution in [0.25, 0.3) is 16.4 Å². The van der Waals surface area contributed by atoms with E-state index in [2.05, 4.69) is 15.4 Å². The van der Waals surface area contributed by atoms with Crippen LogP contribution in [0.2, 0.25) is 0 Å². The predicted octanol–water partition coefficient (Wildman–Crippen LogP) is 4.70. The molecular formula is C20H15FN4OS. The van der Waals surface area contributed by atoms with Gasteiger partial charge in [0.25, 0.3) is 5.91 Å². The number of rotatable bonds is 4. The largest absolute Gasteiger partial charge is 0.317 e. The summed E-state index contributed by atoms with van der Waals surface area (Å²) in [6, 6.07) is 17.9. The summed E-state index contributed by atoms with van der Waals surface area (Å²) in [6.07, 6.45) is 0. The molecule has 134 valence electrons. The van der Waals surface area contributed by atoms with E-state index in [1.54, 1.807) is 17.7 Å². The molecule has 0 fully saturated rings. The van der Waals surface area contributed by atoms with Gasteiger partial charge < -0.3 is 5.32 Å². The number of carbonyl (C=O) groups excluding carboxylic acids is 1. The highest BCUT2D eigenvalue weighted by molar-refractivity contribution is 7.13. The Morgan fingerprint density at radius 3 is 2.63 bits per heavy atom. The Morgan fingerprint density at radius 1 is 1.11 bits per heavy atom. The van der Waals surface area contributed by atoms with Crippen molar-refractivity contribution >= 4 is 22.9 Å². The zero-order valence-electron chi connectivity index (χ0n) is 14.4. The summed E-state index contributed by atoms with van der Waals surface area (Å²) in [4.78, 5) is 17.9. The normalized spacial score (nSPS) is 10.7. The summed E-state index contributed by atoms with van der Waals surface area (Å²) in [5.74, 6) is -0.525. The Bertz CT molecular complexity index is 1090. The van der Waals surface area contributed by atoms with Gasteiger partial charge in [-0.15, -0.1) is 16.4 Å². The fourth-order valence-corrected chi connectivity index (χ4v) is 3.32. The molecule has 5 nitrogen and oxygen atoms in total. The van der Waals surface area contributed by atoms with Gasteiger partial charge >= 0.3 is 0 Å². The van der Waals surface area contributed by atoms with Crippen LogP contribution < -0.4 is 5.32 Å². The van der Waals surface area contributed by atoms with E-state index in [0.717, 1.165) is 16.1 Å². The molecular weight excluding hydrogens is 363 g/mol. The Morgan fingerprint density at radius 2 is 1.93 bits per heavy atom. The lowest BCUT2D eigenvalue weighted by Gasteiger charge is -2.05. The number of hydrogen-bond donors (Lipinski definition) is 1. The molecule has 0 unspecified atom stereocenters. The molecule has 27 heavy (non-hydrogen) atoms. The van der Waals surface area contributed by atoms with E-state index in [0.29, 0.717) is 5.82 Å². The summed E-state index contributed by atoms with van der Waals surface area (Å²) in [7, 11) is 0. The quantitative estimate of drug-likeness (QED) is 0.560. The number of carbonyl (C=O) groups is 1. The van der Waals surface area contributed by atoms with E-state index in [-0.39, 0.29) is 11.5 Å². The number of benzene rings is 2. The summed E-state index contributed by atoms with van der Waals surface area (Å²) in [5, 5.41) is 8.83. The maximum atomic E-state index is 14.0. The molecule has 0 bridgehead atoms. The molecule has 1 N–H and O–H groups in total. The van der Waals surface area contributed by atoms with Crippen LogP contribution in [0.4, 0.5) is 10.1 Å². The summed E-state index contributed by atoms with van der Waals surface area (Å²) >= 11 is 1.50. The summed E-state index contributed by atoms with van der Waals surface area (Å²) in [6.45, 7) is 1.78. The number of hydrogen-bond acceptors (Lipinski definition) is 4. The van der Waals surface area contributed by atoms with Crippen LogP contribution in [0.1, 0.15) is 16.2 Å². The molecule has 0 spiro atoms. The predicted molar refractivity (Wildman–Crippen MR) is 104 cm³/mol. The molecule has 0 aliphatic heterocycles. The molecule has 2 aromatic heterocycles. The average Bonchev–Trinajstić information content (AvgIpc) is 3.34. The Balaban J connectivity index is 1.72. The third kappa shape index (κ3) is 3.50. The Kier molecular flexibility index (Phi) is 4.52. The third-order valence-electron chi connectivity index (χ3n) is 3.93. The van der Waals surface area contributed by atoms with Crippen molar-refractivity contribution in [2.75, 3.05) is 5.32 Å². The number of amides is 1. The molecule has 2 aromatic carbocycles. The Labute approximate surface area is 159 Å². The van der Waals surface area contributed by atoms with Crippen LogP contribution in [0.3, 0.4) is 0 Å². The minimum atomic E-state index is -0.565. The highest BCUT2D eigenvalue weighted by Gasteiger charge is 2.20. The van der Waals surface area contributed by atoms with Crippen LogP contribution in [-0.4, -0.2) is 20.7 Å². The van der Waals surface area contributed by atoms with Crippen LogP contribution in [-0.2, 0) is 0 Å². The van der Waals surface area contributed by atoms with Gasteiger partial charge in [-0.05, 0) is 48.2 Å². The van der Waals surface area contributed by atoms with E-state index in [1.807, 2.05) is 47.8 Å². The van der Waals surface area contributed by atoms with Crippen molar-refractivity contribution in [1.82, 2.24) is 14.8 Å².